The molecule has 0 rings (SSSR count). The average molecular weight is 383 g/mol. The van der Waals surface area contributed by atoms with Crippen molar-refractivity contribution in [2.75, 3.05) is 0 Å². The maximum atomic E-state index is 11.7. The van der Waals surface area contributed by atoms with Gasteiger partial charge in [-0.05, 0) is 12.8 Å². The summed E-state index contributed by atoms with van der Waals surface area (Å²) in [7, 11) is 0. The van der Waals surface area contributed by atoms with Crippen molar-refractivity contribution in [1.29, 1.82) is 0 Å². The predicted octanol–water partition coefficient (Wildman–Crippen LogP) is 6.27. The van der Waals surface area contributed by atoms with Gasteiger partial charge in [-0.2, -0.15) is 0 Å². The standard InChI is InChI=1S/C21H40O4.Mg.2H/c1-3-5-7-9-11-13-15-17-21(19(22)23,20(24)25)18-16-14-12-10-8-6-4-2;;;/h3-18H2,1-2H3,(H,22,23)(H,24,25);;;/q;+2;2*-1. The molecule has 0 aromatic heterocycles. The van der Waals surface area contributed by atoms with Crippen molar-refractivity contribution < 1.29 is 22.7 Å². The third kappa shape index (κ3) is 12.2. The Balaban J connectivity index is -0.000000960. The summed E-state index contributed by atoms with van der Waals surface area (Å²) in [4.78, 5) is 23.4. The fraction of sp³-hybridized carbons (Fsp3) is 0.905. The molecule has 0 amide bonds. The molecule has 4 nitrogen and oxygen atoms in total. The van der Waals surface area contributed by atoms with Crippen LogP contribution in [0.3, 0.4) is 0 Å². The number of rotatable bonds is 18. The summed E-state index contributed by atoms with van der Waals surface area (Å²) in [5.74, 6) is -2.31. The summed E-state index contributed by atoms with van der Waals surface area (Å²) in [6.07, 6.45) is 15.6. The minimum atomic E-state index is -1.58. The van der Waals surface area contributed by atoms with E-state index < -0.39 is 17.4 Å². The molecule has 0 saturated carbocycles. The summed E-state index contributed by atoms with van der Waals surface area (Å²) in [5, 5.41) is 19.1. The van der Waals surface area contributed by atoms with E-state index in [-0.39, 0.29) is 38.7 Å². The number of unbranched alkanes of at least 4 members (excludes halogenated alkanes) is 12. The third-order valence-corrected chi connectivity index (χ3v) is 5.23. The fourth-order valence-electron chi connectivity index (χ4n) is 3.41. The SMILES string of the molecule is CCCCCCCCCC(CCCCCCCCC)(C(=O)O)C(=O)O.[H-].[H-].[Mg+2]. The van der Waals surface area contributed by atoms with Crippen LogP contribution in [0.1, 0.15) is 119 Å². The van der Waals surface area contributed by atoms with Gasteiger partial charge in [-0.25, -0.2) is 0 Å². The van der Waals surface area contributed by atoms with Crippen molar-refractivity contribution in [1.82, 2.24) is 0 Å². The van der Waals surface area contributed by atoms with Gasteiger partial charge < -0.3 is 13.1 Å². The first-order valence-corrected chi connectivity index (χ1v) is 10.5. The molecule has 2 N–H and O–H groups in total. The number of aliphatic carboxylic acids is 2. The first kappa shape index (κ1) is 27.9. The van der Waals surface area contributed by atoms with Gasteiger partial charge in [0.25, 0.3) is 0 Å². The van der Waals surface area contributed by atoms with Crippen molar-refractivity contribution >= 4 is 35.0 Å². The Kier molecular flexibility index (Phi) is 19.4. The fourth-order valence-corrected chi connectivity index (χ4v) is 3.41. The Morgan fingerprint density at radius 2 is 0.885 bits per heavy atom. The molecule has 0 aromatic carbocycles. The largest absolute Gasteiger partial charge is 2.00 e. The number of carbonyl (C=O) groups is 2. The molecule has 152 valence electrons. The molecule has 0 atom stereocenters. The second-order valence-electron chi connectivity index (χ2n) is 7.44. The van der Waals surface area contributed by atoms with Crippen LogP contribution in [-0.4, -0.2) is 45.2 Å². The maximum absolute atomic E-state index is 11.7. The molecule has 26 heavy (non-hydrogen) atoms. The van der Waals surface area contributed by atoms with Gasteiger partial charge in [0.05, 0.1) is 0 Å². The Labute approximate surface area is 179 Å². The van der Waals surface area contributed by atoms with E-state index in [1.807, 2.05) is 0 Å². The molecule has 0 aliphatic carbocycles. The summed E-state index contributed by atoms with van der Waals surface area (Å²) < 4.78 is 0. The van der Waals surface area contributed by atoms with E-state index in [0.29, 0.717) is 12.8 Å². The van der Waals surface area contributed by atoms with E-state index in [9.17, 15) is 19.8 Å². The maximum Gasteiger partial charge on any atom is 2.00 e. The van der Waals surface area contributed by atoms with Gasteiger partial charge in [0.2, 0.25) is 0 Å². The molecule has 0 aromatic rings. The van der Waals surface area contributed by atoms with Gasteiger partial charge >= 0.3 is 35.0 Å². The van der Waals surface area contributed by atoms with E-state index in [1.54, 1.807) is 0 Å². The van der Waals surface area contributed by atoms with Gasteiger partial charge in [0, 0.05) is 0 Å². The minimum Gasteiger partial charge on any atom is -1.00 e. The molecule has 0 bridgehead atoms. The van der Waals surface area contributed by atoms with Crippen molar-refractivity contribution in [2.24, 2.45) is 5.41 Å². The van der Waals surface area contributed by atoms with Crippen LogP contribution in [0.2, 0.25) is 0 Å². The van der Waals surface area contributed by atoms with Crippen LogP contribution in [-0.2, 0) is 9.59 Å². The van der Waals surface area contributed by atoms with Crippen LogP contribution in [0.25, 0.3) is 0 Å². The second-order valence-corrected chi connectivity index (χ2v) is 7.44. The zero-order valence-electron chi connectivity index (χ0n) is 19.2. The van der Waals surface area contributed by atoms with Gasteiger partial charge in [-0.1, -0.05) is 104 Å². The van der Waals surface area contributed by atoms with Gasteiger partial charge in [-0.3, -0.25) is 9.59 Å². The molecule has 0 spiro atoms. The number of carboxylic acid groups (broad SMARTS) is 2. The van der Waals surface area contributed by atoms with E-state index in [1.165, 1.54) is 51.4 Å². The normalized spacial score (nSPS) is 11.2. The summed E-state index contributed by atoms with van der Waals surface area (Å²) in [5.41, 5.74) is -1.58. The van der Waals surface area contributed by atoms with Crippen LogP contribution in [0.4, 0.5) is 0 Å². The van der Waals surface area contributed by atoms with E-state index >= 15 is 0 Å². The van der Waals surface area contributed by atoms with Crippen molar-refractivity contribution in [3.05, 3.63) is 0 Å². The molecule has 5 heteroatoms. The number of hydrogen-bond donors (Lipinski definition) is 2. The Morgan fingerprint density at radius 3 is 1.15 bits per heavy atom. The third-order valence-electron chi connectivity index (χ3n) is 5.23. The molecular formula is C21H42MgO4. The molecule has 0 aliphatic rings. The molecule has 0 heterocycles. The summed E-state index contributed by atoms with van der Waals surface area (Å²) >= 11 is 0. The van der Waals surface area contributed by atoms with E-state index in [4.69, 9.17) is 0 Å². The van der Waals surface area contributed by atoms with Gasteiger partial charge in [0.1, 0.15) is 0 Å². The van der Waals surface area contributed by atoms with Crippen LogP contribution in [0, 0.1) is 5.41 Å². The van der Waals surface area contributed by atoms with Crippen LogP contribution >= 0.6 is 0 Å². The smallest absolute Gasteiger partial charge is 1.00 e. The molecule has 0 aliphatic heterocycles. The van der Waals surface area contributed by atoms with Crippen LogP contribution < -0.4 is 0 Å². The average Bonchev–Trinajstić information content (AvgIpc) is 2.57. The Bertz CT molecular complexity index is 334. The number of carboxylic acids is 2. The molecule has 0 fully saturated rings. The first-order chi connectivity index (χ1) is 12.0. The predicted molar refractivity (Wildman–Crippen MR) is 111 cm³/mol. The van der Waals surface area contributed by atoms with Crippen molar-refractivity contribution in [2.45, 2.75) is 117 Å². The second kappa shape index (κ2) is 18.1. The van der Waals surface area contributed by atoms with Gasteiger partial charge in [0.15, 0.2) is 5.41 Å². The van der Waals surface area contributed by atoms with Crippen molar-refractivity contribution in [3.8, 4) is 0 Å². The van der Waals surface area contributed by atoms with Gasteiger partial charge in [-0.15, -0.1) is 0 Å². The van der Waals surface area contributed by atoms with E-state index in [2.05, 4.69) is 13.8 Å². The minimum absolute atomic E-state index is 0. The zero-order valence-corrected chi connectivity index (χ0v) is 18.6. The van der Waals surface area contributed by atoms with Crippen LogP contribution in [0.15, 0.2) is 0 Å². The van der Waals surface area contributed by atoms with E-state index in [0.717, 1.165) is 25.7 Å². The molecule has 0 unspecified atom stereocenters. The quantitative estimate of drug-likeness (QED) is 0.166. The molecule has 0 radical (unpaired) electrons. The summed E-state index contributed by atoms with van der Waals surface area (Å²) in [6.45, 7) is 4.36. The Morgan fingerprint density at radius 1 is 0.615 bits per heavy atom. The first-order valence-electron chi connectivity index (χ1n) is 10.5. The topological polar surface area (TPSA) is 74.6 Å². The van der Waals surface area contributed by atoms with Crippen molar-refractivity contribution in [3.63, 3.8) is 0 Å². The Hall–Kier alpha value is -0.294. The van der Waals surface area contributed by atoms with Crippen LogP contribution in [0.5, 0.6) is 0 Å². The molecular weight excluding hydrogens is 341 g/mol. The zero-order chi connectivity index (χ0) is 19.0. The molecule has 0 saturated heterocycles. The number of hydrogen-bond acceptors (Lipinski definition) is 2. The monoisotopic (exact) mass is 382 g/mol. The summed E-state index contributed by atoms with van der Waals surface area (Å²) in [6, 6.07) is 0.